The minimum atomic E-state index is -0.351. The second-order valence-electron chi connectivity index (χ2n) is 20.6. The fraction of sp³-hybridized carbons (Fsp3) is 0.547. The molecule has 69 heavy (non-hydrogen) atoms. The van der Waals surface area contributed by atoms with Crippen molar-refractivity contribution in [3.63, 3.8) is 0 Å². The molecule has 1 spiro atoms. The number of aryl methyl sites for hydroxylation is 3. The number of halogens is 2. The van der Waals surface area contributed by atoms with Gasteiger partial charge in [0.15, 0.2) is 17.5 Å². The first-order chi connectivity index (χ1) is 33.5. The first-order valence-electron chi connectivity index (χ1n) is 25.3. The van der Waals surface area contributed by atoms with E-state index in [2.05, 4.69) is 71.5 Å². The molecule has 5 aromatic rings. The van der Waals surface area contributed by atoms with Crippen molar-refractivity contribution in [1.29, 1.82) is 5.26 Å². The van der Waals surface area contributed by atoms with E-state index < -0.39 is 0 Å². The first-order valence-corrected chi connectivity index (χ1v) is 25.7. The number of hydrogen-bond donors (Lipinski definition) is 1. The predicted octanol–water partition coefficient (Wildman–Crippen LogP) is 9.17. The van der Waals surface area contributed by atoms with Gasteiger partial charge < -0.3 is 29.2 Å². The quantitative estimate of drug-likeness (QED) is 0.159. The van der Waals surface area contributed by atoms with E-state index in [9.17, 15) is 4.79 Å². The number of benzene rings is 2. The van der Waals surface area contributed by atoms with Crippen molar-refractivity contribution in [3.05, 3.63) is 87.6 Å². The average molecular weight is 958 g/mol. The summed E-state index contributed by atoms with van der Waals surface area (Å²) < 4.78 is 23.1. The minimum absolute atomic E-state index is 0.0771. The zero-order chi connectivity index (χ0) is 47.6. The Labute approximate surface area is 410 Å². The lowest BCUT2D eigenvalue weighted by Crippen LogP contribution is -2.42. The second-order valence-corrected chi connectivity index (χ2v) is 21.0. The SMILES string of the molecule is CC(=O)N1CCc2[nH]nc(N3CCCc4cc(-c5cnn(C)c5)c(C)cc43)c2C1.N#Cc1ccc(N2CCC3(CCN(c4nnc(OC5CCN(CC6CCCCC6)CC5)cc4F)CC3)C2)cc1Cl. The smallest absolute Gasteiger partial charge is 0.236 e. The van der Waals surface area contributed by atoms with E-state index in [0.717, 1.165) is 138 Å². The van der Waals surface area contributed by atoms with E-state index in [4.69, 9.17) is 21.6 Å². The molecule has 1 amide bonds. The van der Waals surface area contributed by atoms with Gasteiger partial charge in [-0.1, -0.05) is 30.9 Å². The van der Waals surface area contributed by atoms with Crippen LogP contribution in [0.5, 0.6) is 5.88 Å². The molecule has 364 valence electrons. The van der Waals surface area contributed by atoms with E-state index in [1.807, 2.05) is 39.9 Å². The summed E-state index contributed by atoms with van der Waals surface area (Å²) in [4.78, 5) is 23.1. The summed E-state index contributed by atoms with van der Waals surface area (Å²) in [5.74, 6) is 2.24. The van der Waals surface area contributed by atoms with Gasteiger partial charge >= 0.3 is 0 Å². The van der Waals surface area contributed by atoms with Crippen molar-refractivity contribution in [2.75, 3.05) is 73.6 Å². The molecule has 16 heteroatoms. The van der Waals surface area contributed by atoms with Crippen molar-refractivity contribution in [2.45, 2.75) is 110 Å². The number of piperidine rings is 2. The molecule has 1 aliphatic carbocycles. The van der Waals surface area contributed by atoms with Gasteiger partial charge in [0.1, 0.15) is 12.2 Å². The molecule has 0 radical (unpaired) electrons. The van der Waals surface area contributed by atoms with Crippen LogP contribution in [0.25, 0.3) is 11.1 Å². The molecule has 11 rings (SSSR count). The number of ether oxygens (including phenoxy) is 1. The third-order valence-corrected chi connectivity index (χ3v) is 16.3. The van der Waals surface area contributed by atoms with Gasteiger partial charge in [0.2, 0.25) is 11.8 Å². The topological polar surface area (TPSA) is 139 Å². The molecule has 6 aliphatic rings. The minimum Gasteiger partial charge on any atom is -0.473 e. The maximum Gasteiger partial charge on any atom is 0.236 e. The van der Waals surface area contributed by atoms with Gasteiger partial charge in [-0.25, -0.2) is 4.39 Å². The Kier molecular flexibility index (Phi) is 13.8. The van der Waals surface area contributed by atoms with Crippen molar-refractivity contribution < 1.29 is 13.9 Å². The van der Waals surface area contributed by atoms with Crippen LogP contribution in [0.15, 0.2) is 48.8 Å². The number of rotatable bonds is 8. The lowest BCUT2D eigenvalue weighted by Gasteiger charge is -2.39. The number of nitrogens with one attached hydrogen (secondary N) is 1. The van der Waals surface area contributed by atoms with Crippen LogP contribution in [-0.4, -0.2) is 111 Å². The number of aromatic nitrogens is 6. The number of likely N-dealkylation sites (tertiary alicyclic amines) is 1. The Balaban J connectivity index is 0.000000169. The van der Waals surface area contributed by atoms with Gasteiger partial charge in [-0.15, -0.1) is 10.2 Å². The number of hydrogen-bond acceptors (Lipinski definition) is 11. The highest BCUT2D eigenvalue weighted by Crippen LogP contribution is 2.44. The fourth-order valence-electron chi connectivity index (χ4n) is 11.9. The number of anilines is 4. The average Bonchev–Trinajstić information content (AvgIpc) is 4.11. The third-order valence-electron chi connectivity index (χ3n) is 15.9. The van der Waals surface area contributed by atoms with Crippen LogP contribution in [0, 0.1) is 35.4 Å². The van der Waals surface area contributed by atoms with Gasteiger partial charge in [-0.2, -0.15) is 15.5 Å². The number of nitrogens with zero attached hydrogens (tertiary/aromatic N) is 11. The molecule has 5 aliphatic heterocycles. The number of amides is 1. The van der Waals surface area contributed by atoms with Crippen molar-refractivity contribution in [2.24, 2.45) is 18.4 Å². The third kappa shape index (κ3) is 10.3. The van der Waals surface area contributed by atoms with Crippen LogP contribution in [0.2, 0.25) is 5.02 Å². The Hall–Kier alpha value is -5.72. The number of fused-ring (bicyclic) bond motifs is 2. The summed E-state index contributed by atoms with van der Waals surface area (Å²) >= 11 is 6.28. The van der Waals surface area contributed by atoms with Crippen LogP contribution in [-0.2, 0) is 31.2 Å². The van der Waals surface area contributed by atoms with E-state index >= 15 is 4.39 Å². The predicted molar refractivity (Wildman–Crippen MR) is 268 cm³/mol. The monoisotopic (exact) mass is 957 g/mol. The largest absolute Gasteiger partial charge is 0.473 e. The fourth-order valence-corrected chi connectivity index (χ4v) is 12.1. The van der Waals surface area contributed by atoms with Crippen LogP contribution >= 0.6 is 11.6 Å². The summed E-state index contributed by atoms with van der Waals surface area (Å²) in [6.07, 6.45) is 18.9. The molecule has 1 saturated carbocycles. The van der Waals surface area contributed by atoms with E-state index in [1.54, 1.807) is 13.0 Å². The van der Waals surface area contributed by atoms with Crippen LogP contribution in [0.3, 0.4) is 0 Å². The van der Waals surface area contributed by atoms with Gasteiger partial charge in [-0.05, 0) is 123 Å². The number of nitriles is 1. The molecule has 3 aromatic heterocycles. The van der Waals surface area contributed by atoms with E-state index in [-0.39, 0.29) is 23.2 Å². The van der Waals surface area contributed by atoms with Crippen molar-refractivity contribution in [3.8, 4) is 23.1 Å². The summed E-state index contributed by atoms with van der Waals surface area (Å²) in [7, 11) is 1.95. The normalized spacial score (nSPS) is 19.8. The highest BCUT2D eigenvalue weighted by Gasteiger charge is 2.41. The molecule has 8 heterocycles. The highest BCUT2D eigenvalue weighted by molar-refractivity contribution is 6.32. The second kappa shape index (κ2) is 20.3. The molecule has 14 nitrogen and oxygen atoms in total. The molecule has 0 atom stereocenters. The molecule has 4 fully saturated rings. The standard InChI is InChI=1S/C31H40ClFN6O.C22H26N6O/c32-27-18-25(7-6-24(27)20-34)39-17-12-31(22-39)10-15-38(16-11-31)30-28(33)19-29(35-36-30)40-26-8-13-37(14-9-26)21-23-4-2-1-3-5-23;1-14-9-21-16(10-18(14)17-11-23-26(3)12-17)5-4-7-28(21)22-19-13-27(15(2)29)8-6-20(19)24-25-22/h6-7,18-19,23,26H,1-5,8-17,21-22H2;9-12H,4-8,13H2,1-3H3,(H,24,25). The zero-order valence-corrected chi connectivity index (χ0v) is 41.3. The van der Waals surface area contributed by atoms with E-state index in [0.29, 0.717) is 28.8 Å². The lowest BCUT2D eigenvalue weighted by molar-refractivity contribution is -0.129. The highest BCUT2D eigenvalue weighted by atomic mass is 35.5. The van der Waals surface area contributed by atoms with Crippen molar-refractivity contribution in [1.82, 2.24) is 40.0 Å². The number of H-pyrrole nitrogens is 1. The summed E-state index contributed by atoms with van der Waals surface area (Å²) in [6, 6.07) is 13.8. The van der Waals surface area contributed by atoms with Crippen LogP contribution < -0.4 is 19.4 Å². The molecule has 2 aromatic carbocycles. The lowest BCUT2D eigenvalue weighted by atomic mass is 9.78. The molecule has 3 saturated heterocycles. The number of carbonyl (C=O) groups excluding carboxylic acids is 1. The number of aromatic amines is 1. The summed E-state index contributed by atoms with van der Waals surface area (Å²) in [5.41, 5.74) is 10.3. The van der Waals surface area contributed by atoms with Gasteiger partial charge in [0.25, 0.3) is 0 Å². The molecular weight excluding hydrogens is 891 g/mol. The molecular formula is C53H66ClFN12O2. The maximum atomic E-state index is 15.2. The Morgan fingerprint density at radius 2 is 1.71 bits per heavy atom. The Morgan fingerprint density at radius 1 is 0.928 bits per heavy atom. The molecule has 0 unspecified atom stereocenters. The number of carbonyl (C=O) groups is 1. The van der Waals surface area contributed by atoms with Crippen LogP contribution in [0.1, 0.15) is 106 Å². The summed E-state index contributed by atoms with van der Waals surface area (Å²) in [6.45, 7) is 12.9. The Bertz CT molecular complexity index is 2670. The van der Waals surface area contributed by atoms with Gasteiger partial charge in [0.05, 0.1) is 23.3 Å². The first kappa shape index (κ1) is 47.0. The zero-order valence-electron chi connectivity index (χ0n) is 40.5. The van der Waals surface area contributed by atoms with E-state index in [1.165, 1.54) is 67.1 Å². The van der Waals surface area contributed by atoms with Crippen LogP contribution in [0.4, 0.5) is 27.4 Å². The summed E-state index contributed by atoms with van der Waals surface area (Å²) in [5, 5.41) is 30.4. The van der Waals surface area contributed by atoms with Gasteiger partial charge in [0, 0.05) is 120 Å². The molecule has 1 N–H and O–H groups in total. The van der Waals surface area contributed by atoms with Gasteiger partial charge in [-0.3, -0.25) is 14.6 Å². The Morgan fingerprint density at radius 3 is 2.42 bits per heavy atom. The van der Waals surface area contributed by atoms with Crippen molar-refractivity contribution >= 4 is 40.5 Å². The molecule has 0 bridgehead atoms. The maximum absolute atomic E-state index is 15.2.